The number of isocyanates is 1. The Hall–Kier alpha value is -1.80. The van der Waals surface area contributed by atoms with Crippen LogP contribution in [0.3, 0.4) is 0 Å². The summed E-state index contributed by atoms with van der Waals surface area (Å²) in [7, 11) is 1.98. The Morgan fingerprint density at radius 2 is 2.43 bits per heavy atom. The van der Waals surface area contributed by atoms with Crippen molar-refractivity contribution < 1.29 is 9.53 Å². The summed E-state index contributed by atoms with van der Waals surface area (Å²) in [5.41, 5.74) is 1.57. The van der Waals surface area contributed by atoms with E-state index in [1.807, 2.05) is 19.2 Å². The summed E-state index contributed by atoms with van der Waals surface area (Å²) < 4.78 is 5.45. The predicted octanol–water partition coefficient (Wildman–Crippen LogP) is 1.48. The third kappa shape index (κ3) is 1.47. The number of hydrogen-bond acceptors (Lipinski definition) is 4. The van der Waals surface area contributed by atoms with Gasteiger partial charge in [0.2, 0.25) is 6.08 Å². The third-order valence-electron chi connectivity index (χ3n) is 2.21. The molecule has 0 amide bonds. The van der Waals surface area contributed by atoms with Gasteiger partial charge in [0.1, 0.15) is 12.4 Å². The van der Waals surface area contributed by atoms with E-state index < -0.39 is 0 Å². The maximum absolute atomic E-state index is 10.1. The van der Waals surface area contributed by atoms with E-state index in [9.17, 15) is 4.79 Å². The Labute approximate surface area is 81.8 Å². The van der Waals surface area contributed by atoms with Crippen LogP contribution in [-0.4, -0.2) is 26.3 Å². The van der Waals surface area contributed by atoms with Crippen LogP contribution >= 0.6 is 0 Å². The molecular formula is C10H10N2O2. The highest BCUT2D eigenvalue weighted by molar-refractivity contribution is 5.66. The number of rotatable bonds is 1. The topological polar surface area (TPSA) is 41.9 Å². The van der Waals surface area contributed by atoms with Crippen molar-refractivity contribution in [2.24, 2.45) is 4.99 Å². The average molecular weight is 190 g/mol. The van der Waals surface area contributed by atoms with Crippen molar-refractivity contribution in [2.75, 3.05) is 25.1 Å². The van der Waals surface area contributed by atoms with Gasteiger partial charge in [0, 0.05) is 7.05 Å². The molecule has 0 unspecified atom stereocenters. The van der Waals surface area contributed by atoms with Crippen molar-refractivity contribution >= 4 is 17.5 Å². The van der Waals surface area contributed by atoms with Crippen LogP contribution in [0, 0.1) is 0 Å². The Morgan fingerprint density at radius 1 is 1.57 bits per heavy atom. The summed E-state index contributed by atoms with van der Waals surface area (Å²) in [6, 6.07) is 5.38. The molecular weight excluding hydrogens is 180 g/mol. The van der Waals surface area contributed by atoms with E-state index in [1.165, 1.54) is 6.08 Å². The van der Waals surface area contributed by atoms with Gasteiger partial charge in [0.25, 0.3) is 0 Å². The number of likely N-dealkylation sites (N-methyl/N-ethyl adjacent to an activating group) is 1. The van der Waals surface area contributed by atoms with Crippen LogP contribution in [0.4, 0.5) is 11.4 Å². The molecule has 4 nitrogen and oxygen atoms in total. The normalized spacial score (nSPS) is 13.9. The number of ether oxygens (including phenoxy) is 1. The van der Waals surface area contributed by atoms with Crippen LogP contribution in [0.25, 0.3) is 0 Å². The second-order valence-corrected chi connectivity index (χ2v) is 3.13. The van der Waals surface area contributed by atoms with Crippen molar-refractivity contribution in [2.45, 2.75) is 0 Å². The second kappa shape index (κ2) is 3.52. The van der Waals surface area contributed by atoms with E-state index >= 15 is 0 Å². The molecule has 1 aromatic rings. The Bertz CT molecular complexity index is 397. The number of fused-ring (bicyclic) bond motifs is 1. The highest BCUT2D eigenvalue weighted by Crippen LogP contribution is 2.33. The smallest absolute Gasteiger partial charge is 0.240 e. The zero-order valence-electron chi connectivity index (χ0n) is 7.86. The quantitative estimate of drug-likeness (QED) is 0.497. The average Bonchev–Trinajstić information content (AvgIpc) is 2.20. The lowest BCUT2D eigenvalue weighted by molar-refractivity contribution is 0.311. The predicted molar refractivity (Wildman–Crippen MR) is 53.0 cm³/mol. The van der Waals surface area contributed by atoms with Gasteiger partial charge in [-0.3, -0.25) is 0 Å². The summed E-state index contributed by atoms with van der Waals surface area (Å²) in [6.45, 7) is 1.54. The lowest BCUT2D eigenvalue weighted by atomic mass is 10.2. The number of anilines is 1. The maximum atomic E-state index is 10.1. The first-order valence-electron chi connectivity index (χ1n) is 4.37. The van der Waals surface area contributed by atoms with Gasteiger partial charge in [-0.1, -0.05) is 0 Å². The highest BCUT2D eigenvalue weighted by Gasteiger charge is 2.14. The molecule has 0 spiro atoms. The van der Waals surface area contributed by atoms with Crippen LogP contribution in [-0.2, 0) is 4.79 Å². The zero-order chi connectivity index (χ0) is 9.97. The molecule has 0 saturated heterocycles. The van der Waals surface area contributed by atoms with E-state index in [0.717, 1.165) is 18.0 Å². The first-order chi connectivity index (χ1) is 6.81. The molecule has 0 aromatic heterocycles. The van der Waals surface area contributed by atoms with Gasteiger partial charge >= 0.3 is 0 Å². The summed E-state index contributed by atoms with van der Waals surface area (Å²) in [5.74, 6) is 0.837. The van der Waals surface area contributed by atoms with Crippen LogP contribution in [0.15, 0.2) is 23.2 Å². The third-order valence-corrected chi connectivity index (χ3v) is 2.21. The second-order valence-electron chi connectivity index (χ2n) is 3.13. The zero-order valence-corrected chi connectivity index (χ0v) is 7.86. The fourth-order valence-electron chi connectivity index (χ4n) is 1.46. The molecule has 0 saturated carbocycles. The van der Waals surface area contributed by atoms with E-state index in [4.69, 9.17) is 4.74 Å². The SMILES string of the molecule is CN1CCOc2ccc(N=C=O)cc21. The van der Waals surface area contributed by atoms with Gasteiger partial charge in [-0.05, 0) is 18.2 Å². The molecule has 1 aliphatic rings. The number of aliphatic imine (C=N–C) groups is 1. The largest absolute Gasteiger partial charge is 0.490 e. The molecule has 0 bridgehead atoms. The first-order valence-corrected chi connectivity index (χ1v) is 4.37. The minimum absolute atomic E-state index is 0.608. The van der Waals surface area contributed by atoms with Gasteiger partial charge in [-0.2, -0.15) is 4.99 Å². The molecule has 1 heterocycles. The van der Waals surface area contributed by atoms with E-state index in [0.29, 0.717) is 12.3 Å². The van der Waals surface area contributed by atoms with E-state index in [-0.39, 0.29) is 0 Å². The Balaban J connectivity index is 2.45. The molecule has 1 aromatic carbocycles. The van der Waals surface area contributed by atoms with Crippen molar-refractivity contribution in [3.8, 4) is 5.75 Å². The number of hydrogen-bond donors (Lipinski definition) is 0. The highest BCUT2D eigenvalue weighted by atomic mass is 16.5. The summed E-state index contributed by atoms with van der Waals surface area (Å²) in [6.07, 6.45) is 1.52. The fourth-order valence-corrected chi connectivity index (χ4v) is 1.46. The van der Waals surface area contributed by atoms with Gasteiger partial charge in [-0.15, -0.1) is 0 Å². The summed E-state index contributed by atoms with van der Waals surface area (Å²) >= 11 is 0. The molecule has 1 aliphatic heterocycles. The van der Waals surface area contributed by atoms with E-state index in [2.05, 4.69) is 9.89 Å². The van der Waals surface area contributed by atoms with Gasteiger partial charge < -0.3 is 9.64 Å². The number of carbonyl (C=O) groups excluding carboxylic acids is 1. The molecule has 72 valence electrons. The monoisotopic (exact) mass is 190 g/mol. The molecule has 0 N–H and O–H groups in total. The lowest BCUT2D eigenvalue weighted by Gasteiger charge is -2.27. The Morgan fingerprint density at radius 3 is 3.21 bits per heavy atom. The first kappa shape index (κ1) is 8.78. The van der Waals surface area contributed by atoms with Crippen LogP contribution in [0.1, 0.15) is 0 Å². The van der Waals surface area contributed by atoms with Crippen molar-refractivity contribution in [3.05, 3.63) is 18.2 Å². The molecule has 0 aliphatic carbocycles. The molecule has 2 rings (SSSR count). The van der Waals surface area contributed by atoms with Gasteiger partial charge in [-0.25, -0.2) is 4.79 Å². The van der Waals surface area contributed by atoms with Gasteiger partial charge in [0.15, 0.2) is 0 Å². The summed E-state index contributed by atoms with van der Waals surface area (Å²) in [4.78, 5) is 15.7. The van der Waals surface area contributed by atoms with Crippen molar-refractivity contribution in [1.82, 2.24) is 0 Å². The standard InChI is InChI=1S/C10H10N2O2/c1-12-4-5-14-10-3-2-8(11-7-13)6-9(10)12/h2-3,6H,4-5H2,1H3. The fraction of sp³-hybridized carbons (Fsp3) is 0.300. The maximum Gasteiger partial charge on any atom is 0.240 e. The number of benzene rings is 1. The lowest BCUT2D eigenvalue weighted by Crippen LogP contribution is -2.28. The molecule has 0 radical (unpaired) electrons. The van der Waals surface area contributed by atoms with Crippen LogP contribution in [0.5, 0.6) is 5.75 Å². The summed E-state index contributed by atoms with van der Waals surface area (Å²) in [5, 5.41) is 0. The minimum Gasteiger partial charge on any atom is -0.490 e. The molecule has 14 heavy (non-hydrogen) atoms. The Kier molecular flexibility index (Phi) is 2.21. The molecule has 0 atom stereocenters. The molecule has 4 heteroatoms. The minimum atomic E-state index is 0.608. The number of nitrogens with zero attached hydrogens (tertiary/aromatic N) is 2. The van der Waals surface area contributed by atoms with Crippen LogP contribution in [0.2, 0.25) is 0 Å². The van der Waals surface area contributed by atoms with Crippen LogP contribution < -0.4 is 9.64 Å². The molecule has 0 fully saturated rings. The van der Waals surface area contributed by atoms with E-state index in [1.54, 1.807) is 6.07 Å². The van der Waals surface area contributed by atoms with Crippen molar-refractivity contribution in [1.29, 1.82) is 0 Å². The van der Waals surface area contributed by atoms with Crippen molar-refractivity contribution in [3.63, 3.8) is 0 Å². The van der Waals surface area contributed by atoms with Gasteiger partial charge in [0.05, 0.1) is 17.9 Å².